The molecule has 6 rings (SSSR count). The quantitative estimate of drug-likeness (QED) is 0.408. The zero-order valence-electron chi connectivity index (χ0n) is 21.4. The highest BCUT2D eigenvalue weighted by Crippen LogP contribution is 2.41. The second kappa shape index (κ2) is 8.54. The maximum Gasteiger partial charge on any atom is 0.259 e. The molecule has 1 saturated heterocycles. The van der Waals surface area contributed by atoms with Gasteiger partial charge >= 0.3 is 0 Å². The molecule has 3 aromatic heterocycles. The fourth-order valence-electron chi connectivity index (χ4n) is 5.20. The van der Waals surface area contributed by atoms with Gasteiger partial charge in [-0.3, -0.25) is 4.79 Å². The van der Waals surface area contributed by atoms with Gasteiger partial charge < -0.3 is 9.42 Å². The summed E-state index contributed by atoms with van der Waals surface area (Å²) >= 11 is 0. The molecular weight excluding hydrogens is 452 g/mol. The summed E-state index contributed by atoms with van der Waals surface area (Å²) < 4.78 is 7.32. The van der Waals surface area contributed by atoms with Crippen LogP contribution in [0.3, 0.4) is 0 Å². The smallest absolute Gasteiger partial charge is 0.259 e. The van der Waals surface area contributed by atoms with Gasteiger partial charge in [-0.05, 0) is 57.6 Å². The van der Waals surface area contributed by atoms with Crippen molar-refractivity contribution in [2.75, 3.05) is 13.1 Å². The summed E-state index contributed by atoms with van der Waals surface area (Å²) in [5.41, 5.74) is 6.59. The van der Waals surface area contributed by atoms with Gasteiger partial charge in [0.2, 0.25) is 5.89 Å². The number of hydrogen-bond acceptors (Lipinski definition) is 6. The minimum atomic E-state index is -0.176. The molecule has 0 radical (unpaired) electrons. The van der Waals surface area contributed by atoms with Gasteiger partial charge in [-0.2, -0.15) is 10.1 Å². The van der Waals surface area contributed by atoms with Crippen molar-refractivity contribution < 1.29 is 9.32 Å². The van der Waals surface area contributed by atoms with Crippen LogP contribution in [0, 0.1) is 20.8 Å². The molecule has 1 aliphatic heterocycles. The van der Waals surface area contributed by atoms with Crippen molar-refractivity contribution in [1.29, 1.82) is 0 Å². The first-order valence-electron chi connectivity index (χ1n) is 12.8. The van der Waals surface area contributed by atoms with Crippen LogP contribution in [0.15, 0.2) is 35.0 Å². The number of piperidine rings is 1. The van der Waals surface area contributed by atoms with Crippen molar-refractivity contribution >= 4 is 11.6 Å². The van der Waals surface area contributed by atoms with Gasteiger partial charge in [0.1, 0.15) is 5.56 Å². The summed E-state index contributed by atoms with van der Waals surface area (Å²) in [7, 11) is 0. The molecule has 0 spiro atoms. The molecule has 8 heteroatoms. The number of aromatic nitrogens is 5. The Hall–Kier alpha value is -3.55. The van der Waals surface area contributed by atoms with Crippen LogP contribution in [-0.2, 0) is 11.8 Å². The number of nitrogens with zero attached hydrogens (tertiary/aromatic N) is 6. The van der Waals surface area contributed by atoms with Crippen LogP contribution in [0.4, 0.5) is 0 Å². The molecule has 1 saturated carbocycles. The highest BCUT2D eigenvalue weighted by molar-refractivity contribution is 5.99. The molecule has 2 aliphatic rings. The first-order valence-corrected chi connectivity index (χ1v) is 12.8. The standard InChI is InChI=1S/C28H32N6O2/c1-17-5-7-20(8-6-17)15-22-18(2)30-24-23(16-29-34(24)19(22)3)26(35)33-13-11-28(4,12-14-33)27-31-25(36-32-27)21-9-10-21/h5-8,16,21H,9-15H2,1-4H3. The van der Waals surface area contributed by atoms with Crippen LogP contribution < -0.4 is 0 Å². The van der Waals surface area contributed by atoms with E-state index in [1.54, 1.807) is 6.20 Å². The summed E-state index contributed by atoms with van der Waals surface area (Å²) in [6.45, 7) is 9.63. The normalized spacial score (nSPS) is 17.6. The molecule has 36 heavy (non-hydrogen) atoms. The van der Waals surface area contributed by atoms with Gasteiger partial charge in [-0.25, -0.2) is 9.50 Å². The molecule has 0 N–H and O–H groups in total. The Labute approximate surface area is 210 Å². The van der Waals surface area contributed by atoms with Crippen LogP contribution in [-0.4, -0.2) is 48.6 Å². The van der Waals surface area contributed by atoms with E-state index in [0.29, 0.717) is 30.2 Å². The minimum absolute atomic E-state index is 0.0172. The van der Waals surface area contributed by atoms with E-state index in [-0.39, 0.29) is 11.3 Å². The van der Waals surface area contributed by atoms with Gasteiger partial charge in [-0.1, -0.05) is 41.9 Å². The Morgan fingerprint density at radius 2 is 1.81 bits per heavy atom. The highest BCUT2D eigenvalue weighted by Gasteiger charge is 2.39. The molecule has 0 bridgehead atoms. The first kappa shape index (κ1) is 22.9. The zero-order valence-corrected chi connectivity index (χ0v) is 21.4. The van der Waals surface area contributed by atoms with E-state index < -0.39 is 0 Å². The first-order chi connectivity index (χ1) is 17.3. The Balaban J connectivity index is 1.21. The predicted molar refractivity (Wildman–Crippen MR) is 135 cm³/mol. The summed E-state index contributed by atoms with van der Waals surface area (Å²) in [4.78, 5) is 25.0. The number of amides is 1. The number of carbonyl (C=O) groups is 1. The SMILES string of the molecule is Cc1ccc(Cc2c(C)nc3c(C(=O)N4CCC(C)(c5noc(C6CC6)n5)CC4)cnn3c2C)cc1. The topological polar surface area (TPSA) is 89.4 Å². The molecule has 4 aromatic rings. The van der Waals surface area contributed by atoms with Gasteiger partial charge in [0.05, 0.1) is 6.20 Å². The number of rotatable bonds is 5. The molecule has 186 valence electrons. The van der Waals surface area contributed by atoms with Crippen molar-refractivity contribution in [3.63, 3.8) is 0 Å². The van der Waals surface area contributed by atoms with E-state index in [1.807, 2.05) is 16.3 Å². The maximum absolute atomic E-state index is 13.5. The van der Waals surface area contributed by atoms with Crippen LogP contribution in [0.2, 0.25) is 0 Å². The predicted octanol–water partition coefficient (Wildman–Crippen LogP) is 4.70. The molecule has 2 fully saturated rings. The van der Waals surface area contributed by atoms with Crippen molar-refractivity contribution in [3.8, 4) is 0 Å². The van der Waals surface area contributed by atoms with Crippen molar-refractivity contribution in [2.45, 2.75) is 71.1 Å². The molecule has 1 aliphatic carbocycles. The Kier molecular flexibility index (Phi) is 5.43. The van der Waals surface area contributed by atoms with E-state index in [1.165, 1.54) is 11.1 Å². The van der Waals surface area contributed by atoms with Crippen molar-refractivity contribution in [2.24, 2.45) is 0 Å². The van der Waals surface area contributed by atoms with Crippen molar-refractivity contribution in [3.05, 3.63) is 75.8 Å². The monoisotopic (exact) mass is 484 g/mol. The molecule has 0 atom stereocenters. The fraction of sp³-hybridized carbons (Fsp3) is 0.464. The van der Waals surface area contributed by atoms with E-state index in [2.05, 4.69) is 60.3 Å². The molecule has 4 heterocycles. The lowest BCUT2D eigenvalue weighted by Crippen LogP contribution is -2.44. The number of fused-ring (bicyclic) bond motifs is 1. The van der Waals surface area contributed by atoms with Gasteiger partial charge in [0.25, 0.3) is 5.91 Å². The van der Waals surface area contributed by atoms with E-state index in [0.717, 1.165) is 60.8 Å². The lowest BCUT2D eigenvalue weighted by Gasteiger charge is -2.37. The average molecular weight is 485 g/mol. The van der Waals surface area contributed by atoms with E-state index >= 15 is 0 Å². The van der Waals surface area contributed by atoms with Gasteiger partial charge in [0, 0.05) is 42.2 Å². The zero-order chi connectivity index (χ0) is 25.0. The largest absolute Gasteiger partial charge is 0.339 e. The molecular formula is C28H32N6O2. The minimum Gasteiger partial charge on any atom is -0.339 e. The van der Waals surface area contributed by atoms with Crippen LogP contribution in [0.5, 0.6) is 0 Å². The summed E-state index contributed by atoms with van der Waals surface area (Å²) in [6.07, 6.45) is 6.33. The number of benzene rings is 1. The lowest BCUT2D eigenvalue weighted by atomic mass is 9.79. The second-order valence-electron chi connectivity index (χ2n) is 10.8. The average Bonchev–Trinajstić information content (AvgIpc) is 3.43. The van der Waals surface area contributed by atoms with Gasteiger partial charge in [0.15, 0.2) is 11.5 Å². The summed E-state index contributed by atoms with van der Waals surface area (Å²) in [5.74, 6) is 1.98. The molecule has 1 amide bonds. The number of hydrogen-bond donors (Lipinski definition) is 0. The third kappa shape index (κ3) is 3.98. The maximum atomic E-state index is 13.5. The Morgan fingerprint density at radius 1 is 1.08 bits per heavy atom. The lowest BCUT2D eigenvalue weighted by molar-refractivity contribution is 0.0671. The molecule has 8 nitrogen and oxygen atoms in total. The van der Waals surface area contributed by atoms with Crippen LogP contribution in [0.25, 0.3) is 5.65 Å². The fourth-order valence-corrected chi connectivity index (χ4v) is 5.20. The number of carbonyl (C=O) groups excluding carboxylic acids is 1. The van der Waals surface area contributed by atoms with E-state index in [4.69, 9.17) is 9.51 Å². The third-order valence-corrected chi connectivity index (χ3v) is 8.00. The Morgan fingerprint density at radius 3 is 2.50 bits per heavy atom. The van der Waals surface area contributed by atoms with E-state index in [9.17, 15) is 4.79 Å². The summed E-state index contributed by atoms with van der Waals surface area (Å²) in [5, 5.41) is 8.85. The van der Waals surface area contributed by atoms with Crippen LogP contribution in [0.1, 0.15) is 88.7 Å². The number of likely N-dealkylation sites (tertiary alicyclic amines) is 1. The third-order valence-electron chi connectivity index (χ3n) is 8.00. The second-order valence-corrected chi connectivity index (χ2v) is 10.8. The molecule has 0 unspecified atom stereocenters. The highest BCUT2D eigenvalue weighted by atomic mass is 16.5. The van der Waals surface area contributed by atoms with Crippen molar-refractivity contribution in [1.82, 2.24) is 29.6 Å². The number of aryl methyl sites for hydroxylation is 3. The Bertz CT molecular complexity index is 1440. The van der Waals surface area contributed by atoms with Gasteiger partial charge in [-0.15, -0.1) is 0 Å². The molecule has 1 aromatic carbocycles. The summed E-state index contributed by atoms with van der Waals surface area (Å²) in [6, 6.07) is 8.57. The van der Waals surface area contributed by atoms with Crippen LogP contribution >= 0.6 is 0 Å².